The topological polar surface area (TPSA) is 77.8 Å². The predicted molar refractivity (Wildman–Crippen MR) is 106 cm³/mol. The van der Waals surface area contributed by atoms with Gasteiger partial charge in [0.2, 0.25) is 5.34 Å². The Labute approximate surface area is 155 Å². The van der Waals surface area contributed by atoms with Crippen LogP contribution in [-0.2, 0) is 4.57 Å². The highest BCUT2D eigenvalue weighted by molar-refractivity contribution is 7.53. The highest BCUT2D eigenvalue weighted by atomic mass is 31.2. The first-order valence-electron chi connectivity index (χ1n) is 10.1. The van der Waals surface area contributed by atoms with Crippen molar-refractivity contribution in [3.63, 3.8) is 0 Å². The van der Waals surface area contributed by atoms with Crippen molar-refractivity contribution in [1.29, 1.82) is 0 Å². The molecule has 0 saturated heterocycles. The van der Waals surface area contributed by atoms with Crippen LogP contribution in [0.4, 0.5) is 0 Å². The molecule has 3 N–H and O–H groups in total. The molecule has 0 aromatic rings. The smallest absolute Gasteiger partial charge is 0.362 e. The van der Waals surface area contributed by atoms with Gasteiger partial charge in [0, 0.05) is 0 Å². The van der Waals surface area contributed by atoms with E-state index in [1.807, 2.05) is 21.1 Å². The van der Waals surface area contributed by atoms with Crippen LogP contribution in [0.1, 0.15) is 90.4 Å². The van der Waals surface area contributed by atoms with Crippen molar-refractivity contribution in [1.82, 2.24) is 0 Å². The zero-order valence-electron chi connectivity index (χ0n) is 17.0. The highest BCUT2D eigenvalue weighted by Gasteiger charge is 2.48. The fourth-order valence-electron chi connectivity index (χ4n) is 3.33. The van der Waals surface area contributed by atoms with Gasteiger partial charge >= 0.3 is 7.60 Å². The molecular weight excluding hydrogens is 337 g/mol. The van der Waals surface area contributed by atoms with E-state index in [4.69, 9.17) is 0 Å². The molecule has 25 heavy (non-hydrogen) atoms. The Morgan fingerprint density at radius 2 is 1.12 bits per heavy atom. The van der Waals surface area contributed by atoms with Gasteiger partial charge in [-0.2, -0.15) is 0 Å². The summed E-state index contributed by atoms with van der Waals surface area (Å²) in [6, 6.07) is 0. The van der Waals surface area contributed by atoms with Gasteiger partial charge in [-0.05, 0) is 12.8 Å². The maximum atomic E-state index is 11.7. The number of unbranched alkanes of at least 4 members (excludes halogenated alkanes) is 11. The van der Waals surface area contributed by atoms with Crippen LogP contribution in [0.15, 0.2) is 0 Å². The fraction of sp³-hybridized carbons (Fsp3) is 1.00. The van der Waals surface area contributed by atoms with E-state index in [0.29, 0.717) is 10.9 Å². The Morgan fingerprint density at radius 3 is 1.44 bits per heavy atom. The molecule has 1 unspecified atom stereocenters. The van der Waals surface area contributed by atoms with Crippen LogP contribution in [0.5, 0.6) is 0 Å². The summed E-state index contributed by atoms with van der Waals surface area (Å²) in [5, 5.41) is 8.57. The Kier molecular flexibility index (Phi) is 12.5. The van der Waals surface area contributed by atoms with E-state index in [9.17, 15) is 19.5 Å². The summed E-state index contributed by atoms with van der Waals surface area (Å²) < 4.78 is 12.0. The lowest BCUT2D eigenvalue weighted by atomic mass is 10.0. The number of quaternary nitrogens is 1. The number of likely N-dealkylation sites (N-methyl/N-ethyl adjacent to an activating group) is 1. The first kappa shape index (κ1) is 25.1. The van der Waals surface area contributed by atoms with Crippen molar-refractivity contribution >= 4 is 7.60 Å². The van der Waals surface area contributed by atoms with Crippen LogP contribution in [-0.4, -0.2) is 52.4 Å². The third-order valence-electron chi connectivity index (χ3n) is 4.70. The maximum Gasteiger partial charge on any atom is 0.362 e. The lowest BCUT2D eigenvalue weighted by Gasteiger charge is -2.35. The van der Waals surface area contributed by atoms with Gasteiger partial charge in [-0.1, -0.05) is 77.6 Å². The molecule has 0 amide bonds. The minimum Gasteiger partial charge on any atom is -0.373 e. The minimum absolute atomic E-state index is 0.0648. The van der Waals surface area contributed by atoms with Crippen molar-refractivity contribution < 1.29 is 23.9 Å². The second kappa shape index (κ2) is 12.5. The molecule has 0 heterocycles. The van der Waals surface area contributed by atoms with Gasteiger partial charge in [-0.3, -0.25) is 4.57 Å². The van der Waals surface area contributed by atoms with Crippen LogP contribution in [0.25, 0.3) is 0 Å². The number of hydrogen-bond donors (Lipinski definition) is 3. The summed E-state index contributed by atoms with van der Waals surface area (Å²) >= 11 is 0. The molecule has 0 aromatic heterocycles. The Bertz CT molecular complexity index is 378. The summed E-state index contributed by atoms with van der Waals surface area (Å²) in [4.78, 5) is 19.1. The van der Waals surface area contributed by atoms with Gasteiger partial charge in [0.25, 0.3) is 0 Å². The molecule has 0 aromatic carbocycles. The number of hydrogen-bond acceptors (Lipinski definition) is 2. The minimum atomic E-state index is -4.53. The van der Waals surface area contributed by atoms with Crippen LogP contribution in [0.2, 0.25) is 0 Å². The summed E-state index contributed by atoms with van der Waals surface area (Å²) in [7, 11) is 0.982. The molecule has 0 fully saturated rings. The van der Waals surface area contributed by atoms with Crippen molar-refractivity contribution in [3.05, 3.63) is 0 Å². The third kappa shape index (κ3) is 13.0. The van der Waals surface area contributed by atoms with Gasteiger partial charge in [0.05, 0.1) is 21.1 Å². The number of rotatable bonds is 16. The van der Waals surface area contributed by atoms with E-state index in [1.54, 1.807) is 0 Å². The first-order valence-corrected chi connectivity index (χ1v) is 11.7. The van der Waals surface area contributed by atoms with E-state index < -0.39 is 12.9 Å². The van der Waals surface area contributed by atoms with Crippen molar-refractivity contribution in [2.45, 2.75) is 95.7 Å². The molecule has 6 heteroatoms. The molecule has 0 spiro atoms. The standard InChI is InChI=1S/C19H42NO4P/c1-5-6-7-8-9-10-11-12-13-14-15-16-17-19(21,25(22,23)24)18-20(2,3)4/h21H,5-18H2,1-4H3,(H-,22,23,24)/p+1. The van der Waals surface area contributed by atoms with Gasteiger partial charge in [0.1, 0.15) is 6.54 Å². The van der Waals surface area contributed by atoms with E-state index in [0.717, 1.165) is 12.8 Å². The number of aliphatic hydroxyl groups is 1. The molecule has 0 radical (unpaired) electrons. The zero-order chi connectivity index (χ0) is 19.4. The highest BCUT2D eigenvalue weighted by Crippen LogP contribution is 2.52. The molecule has 1 atom stereocenters. The predicted octanol–water partition coefficient (Wildman–Crippen LogP) is 4.65. The lowest BCUT2D eigenvalue weighted by molar-refractivity contribution is -0.875. The van der Waals surface area contributed by atoms with E-state index in [2.05, 4.69) is 6.92 Å². The lowest BCUT2D eigenvalue weighted by Crippen LogP contribution is -2.49. The Hall–Kier alpha value is 0.0700. The summed E-state index contributed by atoms with van der Waals surface area (Å²) in [6.45, 7) is 2.30. The van der Waals surface area contributed by atoms with E-state index in [-0.39, 0.29) is 13.0 Å². The molecule has 0 saturated carbocycles. The molecular formula is C19H43NO4P+. The fourth-order valence-corrected chi connectivity index (χ4v) is 4.38. The van der Waals surface area contributed by atoms with Gasteiger partial charge in [-0.15, -0.1) is 0 Å². The third-order valence-corrected chi connectivity index (χ3v) is 6.15. The average molecular weight is 381 g/mol. The molecule has 0 aliphatic rings. The van der Waals surface area contributed by atoms with Gasteiger partial charge < -0.3 is 19.4 Å². The normalized spacial score (nSPS) is 15.3. The molecule has 0 aliphatic heterocycles. The summed E-state index contributed by atoms with van der Waals surface area (Å²) in [6.07, 6.45) is 14.6. The molecule has 0 aliphatic carbocycles. The SMILES string of the molecule is CCCCCCCCCCCCCCC(O)(C[N+](C)(C)C)P(=O)(O)O. The largest absolute Gasteiger partial charge is 0.373 e. The van der Waals surface area contributed by atoms with Gasteiger partial charge in [-0.25, -0.2) is 0 Å². The molecule has 0 rings (SSSR count). The monoisotopic (exact) mass is 380 g/mol. The van der Waals surface area contributed by atoms with Crippen LogP contribution in [0, 0.1) is 0 Å². The van der Waals surface area contributed by atoms with E-state index >= 15 is 0 Å². The maximum absolute atomic E-state index is 11.7. The van der Waals surface area contributed by atoms with Crippen LogP contribution >= 0.6 is 7.60 Å². The van der Waals surface area contributed by atoms with Crippen molar-refractivity contribution in [3.8, 4) is 0 Å². The summed E-state index contributed by atoms with van der Waals surface area (Å²) in [5.74, 6) is 0. The van der Waals surface area contributed by atoms with Crippen LogP contribution in [0.3, 0.4) is 0 Å². The second-order valence-electron chi connectivity index (χ2n) is 8.61. The van der Waals surface area contributed by atoms with E-state index in [1.165, 1.54) is 57.8 Å². The van der Waals surface area contributed by atoms with Crippen LogP contribution < -0.4 is 0 Å². The summed E-state index contributed by atoms with van der Waals surface area (Å²) in [5.41, 5.74) is 0. The van der Waals surface area contributed by atoms with Crippen molar-refractivity contribution in [2.24, 2.45) is 0 Å². The molecule has 0 bridgehead atoms. The van der Waals surface area contributed by atoms with Gasteiger partial charge in [0.15, 0.2) is 0 Å². The number of nitrogens with zero attached hydrogens (tertiary/aromatic N) is 1. The average Bonchev–Trinajstić information content (AvgIpc) is 2.45. The first-order chi connectivity index (χ1) is 11.5. The second-order valence-corrected chi connectivity index (χ2v) is 10.5. The Morgan fingerprint density at radius 1 is 0.760 bits per heavy atom. The quantitative estimate of drug-likeness (QED) is 0.207. The molecule has 5 nitrogen and oxygen atoms in total. The molecule has 152 valence electrons. The Balaban J connectivity index is 3.82. The van der Waals surface area contributed by atoms with Crippen molar-refractivity contribution in [2.75, 3.05) is 27.7 Å². The zero-order valence-corrected chi connectivity index (χ0v) is 17.9.